The number of aromatic nitrogens is 1. The fourth-order valence-corrected chi connectivity index (χ4v) is 5.67. The van der Waals surface area contributed by atoms with Gasteiger partial charge in [0.15, 0.2) is 0 Å². The molecule has 3 aromatic rings. The fourth-order valence-electron chi connectivity index (χ4n) is 5.67. The molecule has 4 rings (SSSR count). The van der Waals surface area contributed by atoms with Gasteiger partial charge >= 0.3 is 6.09 Å². The average Bonchev–Trinajstić information content (AvgIpc) is 2.95. The molecule has 0 bridgehead atoms. The van der Waals surface area contributed by atoms with Gasteiger partial charge in [-0.2, -0.15) is 0 Å². The predicted octanol–water partition coefficient (Wildman–Crippen LogP) is 4.51. The number of fused-ring (bicyclic) bond motifs is 1. The predicted molar refractivity (Wildman–Crippen MR) is 149 cm³/mol. The van der Waals surface area contributed by atoms with E-state index in [0.29, 0.717) is 43.5 Å². The maximum atomic E-state index is 15.6. The van der Waals surface area contributed by atoms with Gasteiger partial charge in [0.25, 0.3) is 0 Å². The Kier molecular flexibility index (Phi) is 9.48. The van der Waals surface area contributed by atoms with Gasteiger partial charge in [-0.25, -0.2) is 9.18 Å². The molecular weight excluding hydrogens is 499 g/mol. The molecule has 2 atom stereocenters. The molecule has 1 aliphatic rings. The average molecular weight is 537 g/mol. The molecule has 39 heavy (non-hydrogen) atoms. The molecule has 1 fully saturated rings. The van der Waals surface area contributed by atoms with Crippen LogP contribution in [-0.4, -0.2) is 65.3 Å². The number of carbonyl (C=O) groups excluding carboxylic acids is 1. The van der Waals surface area contributed by atoms with Gasteiger partial charge in [0.1, 0.15) is 5.82 Å². The van der Waals surface area contributed by atoms with Gasteiger partial charge in [0, 0.05) is 54.7 Å². The molecule has 2 unspecified atom stereocenters. The molecule has 0 spiro atoms. The fraction of sp³-hybridized carbons (Fsp3) is 0.433. The summed E-state index contributed by atoms with van der Waals surface area (Å²) in [6.07, 6.45) is 3.57. The number of rotatable bonds is 11. The number of para-hydroxylation sites is 1. The number of likely N-dealkylation sites (tertiary alicyclic amines) is 1. The van der Waals surface area contributed by atoms with Crippen molar-refractivity contribution in [2.24, 2.45) is 5.92 Å². The van der Waals surface area contributed by atoms with E-state index in [0.717, 1.165) is 30.3 Å². The molecule has 0 saturated carbocycles. The van der Waals surface area contributed by atoms with Gasteiger partial charge in [-0.3, -0.25) is 9.78 Å². The van der Waals surface area contributed by atoms with Crippen LogP contribution in [0.2, 0.25) is 0 Å². The summed E-state index contributed by atoms with van der Waals surface area (Å²) in [5, 5.41) is 27.8. The second-order valence-electron chi connectivity index (χ2n) is 10.2. The number of aliphatic hydroxyl groups is 1. The van der Waals surface area contributed by atoms with Gasteiger partial charge in [-0.05, 0) is 69.5 Å². The monoisotopic (exact) mass is 536 g/mol. The number of carboxylic acid groups (broad SMARTS) is 1. The van der Waals surface area contributed by atoms with Crippen molar-refractivity contribution in [1.82, 2.24) is 20.5 Å². The van der Waals surface area contributed by atoms with E-state index < -0.39 is 17.5 Å². The second-order valence-corrected chi connectivity index (χ2v) is 10.2. The molecule has 2 aromatic carbocycles. The van der Waals surface area contributed by atoms with Crippen LogP contribution in [0.4, 0.5) is 9.18 Å². The standard InChI is InChI=1S/C30H37FN4O4/c1-32-15-5-13-27(36)35-17-6-9-23(20-35)30(39,14-7-16-33-29(37)38)24-10-4-11-25(31)28(24)22-18-21-8-2-3-12-26(21)34-19-22/h2-4,8,10-12,18-19,23,32-33,39H,5-7,9,13-17,20H2,1H3,(H,37,38). The summed E-state index contributed by atoms with van der Waals surface area (Å²) < 4.78 is 15.6. The van der Waals surface area contributed by atoms with Crippen molar-refractivity contribution in [3.8, 4) is 11.1 Å². The Bertz CT molecular complexity index is 1300. The van der Waals surface area contributed by atoms with Crippen molar-refractivity contribution in [2.45, 2.75) is 44.1 Å². The smallest absolute Gasteiger partial charge is 0.404 e. The molecule has 1 aromatic heterocycles. The molecule has 0 aliphatic carbocycles. The highest BCUT2D eigenvalue weighted by atomic mass is 19.1. The minimum absolute atomic E-state index is 0.0445. The van der Waals surface area contributed by atoms with E-state index in [9.17, 15) is 14.7 Å². The molecular formula is C30H37FN4O4. The molecule has 0 radical (unpaired) electrons. The topological polar surface area (TPSA) is 115 Å². The van der Waals surface area contributed by atoms with Gasteiger partial charge in [-0.15, -0.1) is 0 Å². The molecule has 208 valence electrons. The molecule has 9 heteroatoms. The summed E-state index contributed by atoms with van der Waals surface area (Å²) in [6.45, 7) is 1.87. The van der Waals surface area contributed by atoms with Crippen LogP contribution in [0, 0.1) is 11.7 Å². The lowest BCUT2D eigenvalue weighted by Crippen LogP contribution is -2.48. The Labute approximate surface area is 228 Å². The molecule has 4 N–H and O–H groups in total. The minimum atomic E-state index is -1.49. The van der Waals surface area contributed by atoms with E-state index in [1.807, 2.05) is 37.4 Å². The van der Waals surface area contributed by atoms with E-state index in [1.165, 1.54) is 6.07 Å². The van der Waals surface area contributed by atoms with Crippen molar-refractivity contribution in [2.75, 3.05) is 33.2 Å². The van der Waals surface area contributed by atoms with Crippen LogP contribution >= 0.6 is 0 Å². The van der Waals surface area contributed by atoms with Gasteiger partial charge in [-0.1, -0.05) is 30.3 Å². The number of halogens is 1. The van der Waals surface area contributed by atoms with Crippen LogP contribution in [0.3, 0.4) is 0 Å². The Morgan fingerprint density at radius 2 is 1.97 bits per heavy atom. The van der Waals surface area contributed by atoms with E-state index in [-0.39, 0.29) is 30.4 Å². The highest BCUT2D eigenvalue weighted by Crippen LogP contribution is 2.44. The molecule has 8 nitrogen and oxygen atoms in total. The Hall–Kier alpha value is -3.56. The van der Waals surface area contributed by atoms with Crippen molar-refractivity contribution in [3.05, 3.63) is 66.1 Å². The second kappa shape index (κ2) is 13.0. The first-order valence-electron chi connectivity index (χ1n) is 13.6. The van der Waals surface area contributed by atoms with Crippen molar-refractivity contribution in [3.63, 3.8) is 0 Å². The van der Waals surface area contributed by atoms with Crippen LogP contribution < -0.4 is 10.6 Å². The Balaban J connectivity index is 1.72. The number of piperidine rings is 1. The molecule has 1 saturated heterocycles. The maximum absolute atomic E-state index is 15.6. The maximum Gasteiger partial charge on any atom is 0.404 e. The van der Waals surface area contributed by atoms with Gasteiger partial charge in [0.2, 0.25) is 5.91 Å². The van der Waals surface area contributed by atoms with E-state index in [2.05, 4.69) is 15.6 Å². The van der Waals surface area contributed by atoms with E-state index in [1.54, 1.807) is 23.2 Å². The third-order valence-corrected chi connectivity index (χ3v) is 7.64. The summed E-state index contributed by atoms with van der Waals surface area (Å²) in [4.78, 5) is 30.3. The lowest BCUT2D eigenvalue weighted by atomic mass is 9.72. The lowest BCUT2D eigenvalue weighted by molar-refractivity contribution is -0.136. The third-order valence-electron chi connectivity index (χ3n) is 7.64. The number of carbonyl (C=O) groups is 2. The zero-order valence-electron chi connectivity index (χ0n) is 22.3. The number of hydrogen-bond acceptors (Lipinski definition) is 5. The third kappa shape index (κ3) is 6.72. The normalized spacial score (nSPS) is 17.1. The number of amides is 2. The summed E-state index contributed by atoms with van der Waals surface area (Å²) in [7, 11) is 1.85. The first-order chi connectivity index (χ1) is 18.8. The highest BCUT2D eigenvalue weighted by molar-refractivity contribution is 5.84. The summed E-state index contributed by atoms with van der Waals surface area (Å²) in [5.41, 5.74) is 0.563. The highest BCUT2D eigenvalue weighted by Gasteiger charge is 2.43. The summed E-state index contributed by atoms with van der Waals surface area (Å²) >= 11 is 0. The Morgan fingerprint density at radius 1 is 1.15 bits per heavy atom. The van der Waals surface area contributed by atoms with Crippen molar-refractivity contribution < 1.29 is 24.2 Å². The Morgan fingerprint density at radius 3 is 2.77 bits per heavy atom. The number of benzene rings is 2. The van der Waals surface area contributed by atoms with Gasteiger partial charge in [0.05, 0.1) is 11.1 Å². The number of pyridine rings is 1. The zero-order valence-corrected chi connectivity index (χ0v) is 22.3. The minimum Gasteiger partial charge on any atom is -0.465 e. The SMILES string of the molecule is CNCCCC(=O)N1CCCC(C(O)(CCCNC(=O)O)c2cccc(F)c2-c2cnc3ccccc3c2)C1. The largest absolute Gasteiger partial charge is 0.465 e. The van der Waals surface area contributed by atoms with Crippen LogP contribution in [0.25, 0.3) is 22.0 Å². The van der Waals surface area contributed by atoms with E-state index >= 15 is 4.39 Å². The number of hydrogen-bond donors (Lipinski definition) is 4. The van der Waals surface area contributed by atoms with Crippen LogP contribution in [0.1, 0.15) is 44.1 Å². The van der Waals surface area contributed by atoms with Crippen LogP contribution in [0.5, 0.6) is 0 Å². The summed E-state index contributed by atoms with van der Waals surface area (Å²) in [5.74, 6) is -0.774. The first-order valence-corrected chi connectivity index (χ1v) is 13.6. The molecule has 2 amide bonds. The lowest BCUT2D eigenvalue weighted by Gasteiger charge is -2.43. The number of nitrogens with one attached hydrogen (secondary N) is 2. The van der Waals surface area contributed by atoms with Crippen LogP contribution in [-0.2, 0) is 10.4 Å². The zero-order chi connectivity index (χ0) is 27.8. The van der Waals surface area contributed by atoms with Crippen molar-refractivity contribution in [1.29, 1.82) is 0 Å². The molecule has 1 aliphatic heterocycles. The van der Waals surface area contributed by atoms with Crippen LogP contribution in [0.15, 0.2) is 54.7 Å². The van der Waals surface area contributed by atoms with Crippen molar-refractivity contribution >= 4 is 22.9 Å². The van der Waals surface area contributed by atoms with Gasteiger partial charge < -0.3 is 25.7 Å². The first kappa shape index (κ1) is 28.4. The summed E-state index contributed by atoms with van der Waals surface area (Å²) in [6, 6.07) is 14.2. The quantitative estimate of drug-likeness (QED) is 0.268. The number of nitrogens with zero attached hydrogens (tertiary/aromatic N) is 2. The van der Waals surface area contributed by atoms with E-state index in [4.69, 9.17) is 5.11 Å². The molecule has 2 heterocycles.